The van der Waals surface area contributed by atoms with Crippen LogP contribution in [0.3, 0.4) is 0 Å². The van der Waals surface area contributed by atoms with Gasteiger partial charge in [-0.2, -0.15) is 0 Å². The van der Waals surface area contributed by atoms with Crippen LogP contribution in [0.15, 0.2) is 54.6 Å². The second kappa shape index (κ2) is 8.95. The van der Waals surface area contributed by atoms with Crippen LogP contribution in [0.5, 0.6) is 5.75 Å². The lowest BCUT2D eigenvalue weighted by Crippen LogP contribution is -2.05. The summed E-state index contributed by atoms with van der Waals surface area (Å²) in [5.41, 5.74) is 8.58. The summed E-state index contributed by atoms with van der Waals surface area (Å²) in [6.45, 7) is 0. The van der Waals surface area contributed by atoms with E-state index in [2.05, 4.69) is 4.98 Å². The first kappa shape index (κ1) is 20.0. The second-order valence-electron chi connectivity index (χ2n) is 6.31. The van der Waals surface area contributed by atoms with Gasteiger partial charge in [0.25, 0.3) is 0 Å². The number of halogens is 2. The van der Waals surface area contributed by atoms with Crippen LogP contribution < -0.4 is 5.73 Å². The monoisotopic (exact) mass is 415 g/mol. The number of primary amides is 1. The number of aromatic nitrogens is 2. The largest absolute Gasteiger partial charge is 0.508 e. The van der Waals surface area contributed by atoms with Gasteiger partial charge in [0.1, 0.15) is 11.6 Å². The molecule has 5 nitrogen and oxygen atoms in total. The van der Waals surface area contributed by atoms with Crippen LogP contribution in [0.1, 0.15) is 17.1 Å². The van der Waals surface area contributed by atoms with Crippen molar-refractivity contribution in [1.29, 1.82) is 0 Å². The Morgan fingerprint density at radius 2 is 1.89 bits per heavy atom. The number of aryl methyl sites for hydroxylation is 2. The van der Waals surface area contributed by atoms with E-state index >= 15 is 0 Å². The number of imidazole rings is 1. The molecule has 28 heavy (non-hydrogen) atoms. The molecule has 0 aliphatic heterocycles. The molecule has 0 unspecified atom stereocenters. The Labute approximate surface area is 172 Å². The maximum atomic E-state index is 11.0. The molecule has 1 amide bonds. The summed E-state index contributed by atoms with van der Waals surface area (Å²) in [4.78, 5) is 19.0. The molecule has 7 heteroatoms. The number of allylic oxidation sites excluding steroid dienone is 1. The fraction of sp³-hybridized carbons (Fsp3) is 0.143. The van der Waals surface area contributed by atoms with Gasteiger partial charge in [-0.1, -0.05) is 41.4 Å². The lowest BCUT2D eigenvalue weighted by molar-refractivity contribution is -0.113. The van der Waals surface area contributed by atoms with Gasteiger partial charge >= 0.3 is 0 Å². The van der Waals surface area contributed by atoms with Crippen molar-refractivity contribution >= 4 is 29.1 Å². The van der Waals surface area contributed by atoms with Crippen molar-refractivity contribution in [3.05, 3.63) is 81.7 Å². The molecule has 3 rings (SSSR count). The number of nitrogens with one attached hydrogen (secondary N) is 1. The second-order valence-corrected chi connectivity index (χ2v) is 7.15. The van der Waals surface area contributed by atoms with Gasteiger partial charge in [-0.05, 0) is 48.4 Å². The van der Waals surface area contributed by atoms with Gasteiger partial charge in [0.2, 0.25) is 5.91 Å². The Hall–Kier alpha value is -2.76. The van der Waals surface area contributed by atoms with Gasteiger partial charge in [0, 0.05) is 29.1 Å². The van der Waals surface area contributed by atoms with Crippen molar-refractivity contribution in [3.63, 3.8) is 0 Å². The van der Waals surface area contributed by atoms with Crippen LogP contribution in [-0.4, -0.2) is 21.0 Å². The zero-order valence-electron chi connectivity index (χ0n) is 15.0. The van der Waals surface area contributed by atoms with Crippen molar-refractivity contribution in [2.45, 2.75) is 19.3 Å². The topological polar surface area (TPSA) is 92.0 Å². The van der Waals surface area contributed by atoms with E-state index in [0.717, 1.165) is 34.8 Å². The zero-order valence-corrected chi connectivity index (χ0v) is 16.5. The number of aromatic hydroxyl groups is 1. The Kier molecular flexibility index (Phi) is 6.39. The van der Waals surface area contributed by atoms with Crippen molar-refractivity contribution in [2.24, 2.45) is 5.73 Å². The highest BCUT2D eigenvalue weighted by atomic mass is 35.5. The molecular formula is C21H19Cl2N3O2. The summed E-state index contributed by atoms with van der Waals surface area (Å²) < 4.78 is 0. The molecule has 4 N–H and O–H groups in total. The maximum absolute atomic E-state index is 11.0. The summed E-state index contributed by atoms with van der Waals surface area (Å²) >= 11 is 12.4. The van der Waals surface area contributed by atoms with E-state index < -0.39 is 5.91 Å². The number of hydrogen-bond acceptors (Lipinski definition) is 3. The van der Waals surface area contributed by atoms with Crippen LogP contribution >= 0.6 is 23.2 Å². The fourth-order valence-electron chi connectivity index (χ4n) is 2.85. The molecule has 0 aliphatic rings. The van der Waals surface area contributed by atoms with Crippen LogP contribution in [0.25, 0.3) is 11.3 Å². The number of hydrogen-bond donors (Lipinski definition) is 3. The number of carbonyl (C=O) groups is 1. The lowest BCUT2D eigenvalue weighted by Gasteiger charge is -2.04. The minimum atomic E-state index is -0.502. The fourth-order valence-corrected chi connectivity index (χ4v) is 3.35. The van der Waals surface area contributed by atoms with Crippen LogP contribution in [0, 0.1) is 0 Å². The highest BCUT2D eigenvalue weighted by Gasteiger charge is 2.15. The molecule has 144 valence electrons. The number of phenols is 1. The van der Waals surface area contributed by atoms with E-state index in [4.69, 9.17) is 33.9 Å². The van der Waals surface area contributed by atoms with E-state index in [1.807, 2.05) is 18.2 Å². The van der Waals surface area contributed by atoms with Gasteiger partial charge in [-0.15, -0.1) is 0 Å². The van der Waals surface area contributed by atoms with Crippen LogP contribution in [0.4, 0.5) is 0 Å². The van der Waals surface area contributed by atoms with Crippen molar-refractivity contribution < 1.29 is 9.90 Å². The number of amides is 1. The van der Waals surface area contributed by atoms with Crippen molar-refractivity contribution in [2.75, 3.05) is 0 Å². The molecule has 0 saturated carbocycles. The number of H-pyrrole nitrogens is 1. The Bertz CT molecular complexity index is 1010. The molecule has 0 atom stereocenters. The SMILES string of the molecule is NC(=O)/C=C\Cc1[nH]c(CCc2ccc(O)cc2)nc1-c1ccc(Cl)cc1Cl. The Morgan fingerprint density at radius 1 is 1.14 bits per heavy atom. The molecule has 3 aromatic rings. The summed E-state index contributed by atoms with van der Waals surface area (Å²) in [5.74, 6) is 0.541. The molecule has 0 radical (unpaired) electrons. The van der Waals surface area contributed by atoms with Crippen LogP contribution in [0.2, 0.25) is 10.0 Å². The highest BCUT2D eigenvalue weighted by Crippen LogP contribution is 2.32. The van der Waals surface area contributed by atoms with Gasteiger partial charge < -0.3 is 15.8 Å². The normalized spacial score (nSPS) is 11.2. The molecule has 0 bridgehead atoms. The molecule has 0 spiro atoms. The lowest BCUT2D eigenvalue weighted by atomic mass is 10.1. The van der Waals surface area contributed by atoms with E-state index in [0.29, 0.717) is 22.9 Å². The molecule has 0 fully saturated rings. The first-order valence-electron chi connectivity index (χ1n) is 8.69. The summed E-state index contributed by atoms with van der Waals surface area (Å²) in [7, 11) is 0. The standard InChI is InChI=1S/C21H19Cl2N3O2/c22-14-7-10-16(17(23)12-14)21-18(2-1-3-19(24)28)25-20(26-21)11-6-13-4-8-15(27)9-5-13/h1,3-5,7-10,12,27H,2,6,11H2,(H2,24,28)(H,25,26)/b3-1-. The quantitative estimate of drug-likeness (QED) is 0.497. The molecule has 0 saturated heterocycles. The number of benzene rings is 2. The Balaban J connectivity index is 1.87. The molecule has 1 heterocycles. The highest BCUT2D eigenvalue weighted by molar-refractivity contribution is 6.36. The Morgan fingerprint density at radius 3 is 2.57 bits per heavy atom. The third-order valence-corrected chi connectivity index (χ3v) is 4.75. The number of carbonyl (C=O) groups excluding carboxylic acids is 1. The molecular weight excluding hydrogens is 397 g/mol. The van der Waals surface area contributed by atoms with E-state index in [1.165, 1.54) is 6.08 Å². The third kappa shape index (κ3) is 5.15. The predicted octanol–water partition coefficient (Wildman–Crippen LogP) is 4.46. The number of nitrogens with zero attached hydrogens (tertiary/aromatic N) is 1. The maximum Gasteiger partial charge on any atom is 0.241 e. The molecule has 1 aromatic heterocycles. The van der Waals surface area contributed by atoms with Crippen molar-refractivity contribution in [3.8, 4) is 17.0 Å². The number of aromatic amines is 1. The molecule has 2 aromatic carbocycles. The van der Waals surface area contributed by atoms with Crippen LogP contribution in [-0.2, 0) is 24.1 Å². The number of phenolic OH excluding ortho intramolecular Hbond substituents is 1. The zero-order chi connectivity index (χ0) is 20.1. The predicted molar refractivity (Wildman–Crippen MR) is 112 cm³/mol. The van der Waals surface area contributed by atoms with Gasteiger partial charge in [0.05, 0.1) is 10.7 Å². The summed E-state index contributed by atoms with van der Waals surface area (Å²) in [5, 5.41) is 10.4. The van der Waals surface area contributed by atoms with Gasteiger partial charge in [0.15, 0.2) is 0 Å². The first-order chi connectivity index (χ1) is 13.4. The average molecular weight is 416 g/mol. The summed E-state index contributed by atoms with van der Waals surface area (Å²) in [6.07, 6.45) is 4.92. The number of nitrogens with two attached hydrogens (primary N) is 1. The van der Waals surface area contributed by atoms with E-state index in [-0.39, 0.29) is 5.75 Å². The third-order valence-electron chi connectivity index (χ3n) is 4.20. The first-order valence-corrected chi connectivity index (χ1v) is 9.45. The van der Waals surface area contributed by atoms with E-state index in [1.54, 1.807) is 30.3 Å². The minimum absolute atomic E-state index is 0.241. The van der Waals surface area contributed by atoms with E-state index in [9.17, 15) is 9.90 Å². The minimum Gasteiger partial charge on any atom is -0.508 e. The smallest absolute Gasteiger partial charge is 0.241 e. The van der Waals surface area contributed by atoms with Gasteiger partial charge in [-0.3, -0.25) is 4.79 Å². The summed E-state index contributed by atoms with van der Waals surface area (Å²) in [6, 6.07) is 12.3. The average Bonchev–Trinajstić information content (AvgIpc) is 3.04. The molecule has 0 aliphatic carbocycles. The van der Waals surface area contributed by atoms with Crippen molar-refractivity contribution in [1.82, 2.24) is 9.97 Å². The number of rotatable bonds is 7. The van der Waals surface area contributed by atoms with Gasteiger partial charge in [-0.25, -0.2) is 4.98 Å².